The number of nitrogens with one attached hydrogen (secondary N) is 1. The number of aromatic nitrogens is 1. The zero-order valence-corrected chi connectivity index (χ0v) is 21.9. The molecule has 0 fully saturated rings. The molecule has 3 aromatic carbocycles. The van der Waals surface area contributed by atoms with Crippen LogP contribution in [0.2, 0.25) is 0 Å². The molecule has 11 heteroatoms. The average molecular weight is 550 g/mol. The largest absolute Gasteiger partial charge is 0.467 e. The molecule has 4 rings (SSSR count). The lowest BCUT2D eigenvalue weighted by Gasteiger charge is -2.15. The summed E-state index contributed by atoms with van der Waals surface area (Å²) < 4.78 is 39.5. The number of esters is 1. The highest BCUT2D eigenvalue weighted by atomic mass is 32.2. The zero-order valence-electron chi connectivity index (χ0n) is 21.1. The van der Waals surface area contributed by atoms with E-state index in [4.69, 9.17) is 19.0 Å². The molecule has 0 aliphatic carbocycles. The van der Waals surface area contributed by atoms with Crippen molar-refractivity contribution in [2.75, 3.05) is 7.11 Å². The number of nitrogens with zero attached hydrogens (tertiary/aromatic N) is 1. The molecule has 1 aromatic heterocycles. The minimum absolute atomic E-state index is 0.0293. The molecule has 0 radical (unpaired) electrons. The van der Waals surface area contributed by atoms with Gasteiger partial charge in [-0.1, -0.05) is 60.7 Å². The Bertz CT molecular complexity index is 1520. The van der Waals surface area contributed by atoms with E-state index in [1.807, 2.05) is 60.7 Å². The third-order valence-corrected chi connectivity index (χ3v) is 6.73. The lowest BCUT2D eigenvalue weighted by Crippen LogP contribution is -2.42. The number of hydrogen-bond acceptors (Lipinski definition) is 8. The van der Waals surface area contributed by atoms with Gasteiger partial charge in [-0.05, 0) is 36.2 Å². The SMILES string of the molecule is COC(=O)C(CCc1nc(-c2ccccc2)c(-c2ccc(S(N)(=O)=O)cc2)o1)NC(=O)OCc1ccccc1. The first-order chi connectivity index (χ1) is 18.7. The van der Waals surface area contributed by atoms with Crippen molar-refractivity contribution < 1.29 is 31.9 Å². The molecule has 3 N–H and O–H groups in total. The molecular formula is C28H27N3O7S. The van der Waals surface area contributed by atoms with Crippen molar-refractivity contribution in [1.29, 1.82) is 0 Å². The summed E-state index contributed by atoms with van der Waals surface area (Å²) in [6.07, 6.45) is -0.443. The van der Waals surface area contributed by atoms with Gasteiger partial charge in [0.25, 0.3) is 0 Å². The summed E-state index contributed by atoms with van der Waals surface area (Å²) in [7, 11) is -2.62. The normalized spacial score (nSPS) is 11.9. The van der Waals surface area contributed by atoms with Gasteiger partial charge in [0.15, 0.2) is 11.7 Å². The number of nitrogens with two attached hydrogens (primary N) is 1. The van der Waals surface area contributed by atoms with E-state index in [1.54, 1.807) is 12.1 Å². The van der Waals surface area contributed by atoms with Crippen molar-refractivity contribution in [3.8, 4) is 22.6 Å². The van der Waals surface area contributed by atoms with Crippen molar-refractivity contribution in [2.45, 2.75) is 30.4 Å². The summed E-state index contributed by atoms with van der Waals surface area (Å²) in [6, 6.07) is 23.4. The number of aryl methyl sites for hydroxylation is 1. The van der Waals surface area contributed by atoms with E-state index < -0.39 is 28.1 Å². The third-order valence-electron chi connectivity index (χ3n) is 5.80. The predicted molar refractivity (Wildman–Crippen MR) is 143 cm³/mol. The highest BCUT2D eigenvalue weighted by Gasteiger charge is 2.24. The number of oxazole rings is 1. The van der Waals surface area contributed by atoms with Crippen molar-refractivity contribution in [3.05, 3.63) is 96.4 Å². The molecule has 0 spiro atoms. The Hall–Kier alpha value is -4.48. The number of methoxy groups -OCH3 is 1. The molecule has 4 aromatic rings. The maximum absolute atomic E-state index is 12.4. The number of benzene rings is 3. The van der Waals surface area contributed by atoms with Gasteiger partial charge in [0.2, 0.25) is 10.0 Å². The zero-order chi connectivity index (χ0) is 27.8. The molecule has 1 unspecified atom stereocenters. The first-order valence-electron chi connectivity index (χ1n) is 12.0. The van der Waals surface area contributed by atoms with E-state index >= 15 is 0 Å². The van der Waals surface area contributed by atoms with Crippen LogP contribution in [0.15, 0.2) is 94.2 Å². The summed E-state index contributed by atoms with van der Waals surface area (Å²) in [5.41, 5.74) is 2.72. The minimum Gasteiger partial charge on any atom is -0.467 e. The van der Waals surface area contributed by atoms with Crippen molar-refractivity contribution in [2.24, 2.45) is 5.14 Å². The van der Waals surface area contributed by atoms with Gasteiger partial charge in [-0.3, -0.25) is 0 Å². The van der Waals surface area contributed by atoms with Gasteiger partial charge in [-0.15, -0.1) is 0 Å². The van der Waals surface area contributed by atoms with Crippen LogP contribution in [0, 0.1) is 0 Å². The van der Waals surface area contributed by atoms with Crippen LogP contribution in [0.4, 0.5) is 4.79 Å². The van der Waals surface area contributed by atoms with E-state index in [2.05, 4.69) is 10.3 Å². The van der Waals surface area contributed by atoms with Crippen LogP contribution in [-0.2, 0) is 37.3 Å². The quantitative estimate of drug-likeness (QED) is 0.281. The predicted octanol–water partition coefficient (Wildman–Crippen LogP) is 4.06. The molecule has 1 amide bonds. The summed E-state index contributed by atoms with van der Waals surface area (Å²) in [4.78, 5) is 29.3. The van der Waals surface area contributed by atoms with Crippen LogP contribution in [-0.4, -0.2) is 38.6 Å². The Balaban J connectivity index is 1.52. The number of carbonyl (C=O) groups excluding carboxylic acids is 2. The second-order valence-electron chi connectivity index (χ2n) is 8.54. The van der Waals surface area contributed by atoms with E-state index in [0.29, 0.717) is 22.9 Å². The number of primary sulfonamides is 1. The maximum atomic E-state index is 12.4. The number of alkyl carbamates (subject to hydrolysis) is 1. The first kappa shape index (κ1) is 27.6. The molecule has 39 heavy (non-hydrogen) atoms. The lowest BCUT2D eigenvalue weighted by atomic mass is 10.1. The Labute approximate surface area is 225 Å². The van der Waals surface area contributed by atoms with Gasteiger partial charge in [0.1, 0.15) is 18.3 Å². The first-order valence-corrected chi connectivity index (χ1v) is 13.5. The highest BCUT2D eigenvalue weighted by molar-refractivity contribution is 7.89. The number of ether oxygens (including phenoxy) is 2. The van der Waals surface area contributed by atoms with Gasteiger partial charge in [0.05, 0.1) is 12.0 Å². The summed E-state index contributed by atoms with van der Waals surface area (Å²) in [5, 5.41) is 7.76. The fourth-order valence-corrected chi connectivity index (χ4v) is 4.34. The Kier molecular flexibility index (Phi) is 8.74. The van der Waals surface area contributed by atoms with Gasteiger partial charge in [0, 0.05) is 17.5 Å². The molecule has 0 saturated heterocycles. The van der Waals surface area contributed by atoms with Gasteiger partial charge < -0.3 is 19.2 Å². The monoisotopic (exact) mass is 549 g/mol. The fourth-order valence-electron chi connectivity index (χ4n) is 3.82. The fraction of sp³-hybridized carbons (Fsp3) is 0.179. The Morgan fingerprint density at radius 1 is 0.949 bits per heavy atom. The van der Waals surface area contributed by atoms with Crippen molar-refractivity contribution in [1.82, 2.24) is 10.3 Å². The maximum Gasteiger partial charge on any atom is 0.408 e. The molecule has 1 heterocycles. The molecule has 1 atom stereocenters. The summed E-state index contributed by atoms with van der Waals surface area (Å²) in [6.45, 7) is 0.0499. The van der Waals surface area contributed by atoms with Gasteiger partial charge >= 0.3 is 12.1 Å². The molecule has 0 saturated carbocycles. The summed E-state index contributed by atoms with van der Waals surface area (Å²) >= 11 is 0. The average Bonchev–Trinajstić information content (AvgIpc) is 3.38. The van der Waals surface area contributed by atoms with Crippen molar-refractivity contribution >= 4 is 22.1 Å². The minimum atomic E-state index is -3.85. The van der Waals surface area contributed by atoms with Crippen molar-refractivity contribution in [3.63, 3.8) is 0 Å². The molecule has 0 aliphatic rings. The highest BCUT2D eigenvalue weighted by Crippen LogP contribution is 2.33. The van der Waals surface area contributed by atoms with Crippen LogP contribution in [0.5, 0.6) is 0 Å². The second kappa shape index (κ2) is 12.4. The van der Waals surface area contributed by atoms with E-state index in [9.17, 15) is 18.0 Å². The molecule has 10 nitrogen and oxygen atoms in total. The van der Waals surface area contributed by atoms with Crippen LogP contribution in [0.1, 0.15) is 17.9 Å². The number of rotatable bonds is 10. The Morgan fingerprint density at radius 2 is 1.59 bits per heavy atom. The summed E-state index contributed by atoms with van der Waals surface area (Å²) in [5.74, 6) is 0.0926. The van der Waals surface area contributed by atoms with Gasteiger partial charge in [-0.25, -0.2) is 28.1 Å². The van der Waals surface area contributed by atoms with Crippen LogP contribution in [0.25, 0.3) is 22.6 Å². The van der Waals surface area contributed by atoms with Crippen LogP contribution in [0.3, 0.4) is 0 Å². The molecular weight excluding hydrogens is 522 g/mol. The third kappa shape index (κ3) is 7.30. The van der Waals surface area contributed by atoms with Crippen LogP contribution < -0.4 is 10.5 Å². The van der Waals surface area contributed by atoms with E-state index in [-0.39, 0.29) is 24.3 Å². The number of amides is 1. The lowest BCUT2D eigenvalue weighted by molar-refractivity contribution is -0.143. The smallest absolute Gasteiger partial charge is 0.408 e. The second-order valence-corrected chi connectivity index (χ2v) is 10.1. The molecule has 202 valence electrons. The topological polar surface area (TPSA) is 151 Å². The molecule has 0 aliphatic heterocycles. The van der Waals surface area contributed by atoms with Crippen LogP contribution >= 0.6 is 0 Å². The number of hydrogen-bond donors (Lipinski definition) is 2. The Morgan fingerprint density at radius 3 is 2.21 bits per heavy atom. The van der Waals surface area contributed by atoms with Gasteiger partial charge in [-0.2, -0.15) is 0 Å². The number of carbonyl (C=O) groups is 2. The standard InChI is InChI=1S/C28H27N3O7S/c1-36-27(32)23(30-28(33)37-18-19-8-4-2-5-9-19)16-17-24-31-25(20-10-6-3-7-11-20)26(38-24)21-12-14-22(15-13-21)39(29,34)35/h2-15,23H,16-18H2,1H3,(H,30,33)(H2,29,34,35). The van der Waals surface area contributed by atoms with E-state index in [0.717, 1.165) is 11.1 Å². The molecule has 0 bridgehead atoms. The van der Waals surface area contributed by atoms with E-state index in [1.165, 1.54) is 19.2 Å². The number of sulfonamides is 1.